The third kappa shape index (κ3) is 1.43. The molecule has 0 fully saturated rings. The largest absolute Gasteiger partial charge is 0.227 e. The van der Waals surface area contributed by atoms with Crippen LogP contribution in [0.15, 0.2) is 18.2 Å². The first-order chi connectivity index (χ1) is 6.61. The van der Waals surface area contributed by atoms with Crippen LogP contribution in [0.4, 0.5) is 0 Å². The minimum atomic E-state index is 0.533. The van der Waals surface area contributed by atoms with Gasteiger partial charge in [-0.1, -0.05) is 19.9 Å². The zero-order valence-electron chi connectivity index (χ0n) is 8.58. The van der Waals surface area contributed by atoms with Crippen molar-refractivity contribution in [1.82, 2.24) is 9.61 Å². The average molecular weight is 300 g/mol. The third-order valence-electron chi connectivity index (χ3n) is 2.41. The van der Waals surface area contributed by atoms with Crippen molar-refractivity contribution in [3.63, 3.8) is 0 Å². The summed E-state index contributed by atoms with van der Waals surface area (Å²) in [7, 11) is 0. The van der Waals surface area contributed by atoms with Gasteiger partial charge in [0.05, 0.1) is 11.2 Å². The smallest absolute Gasteiger partial charge is 0.103 e. The van der Waals surface area contributed by atoms with Crippen molar-refractivity contribution in [1.29, 1.82) is 0 Å². The maximum absolute atomic E-state index is 4.54. The highest BCUT2D eigenvalue weighted by Crippen LogP contribution is 2.25. The van der Waals surface area contributed by atoms with Crippen molar-refractivity contribution < 1.29 is 0 Å². The van der Waals surface area contributed by atoms with Crippen LogP contribution in [0.5, 0.6) is 0 Å². The molecule has 0 aliphatic heterocycles. The number of rotatable bonds is 1. The Bertz CT molecular complexity index is 471. The zero-order valence-corrected chi connectivity index (χ0v) is 10.7. The second-order valence-electron chi connectivity index (χ2n) is 3.80. The molecule has 2 rings (SSSR count). The summed E-state index contributed by atoms with van der Waals surface area (Å²) in [4.78, 5) is 0. The molecule has 0 unspecified atom stereocenters. The lowest BCUT2D eigenvalue weighted by atomic mass is 10.0. The lowest BCUT2D eigenvalue weighted by Gasteiger charge is -2.03. The highest BCUT2D eigenvalue weighted by Gasteiger charge is 2.12. The minimum Gasteiger partial charge on any atom is -0.227 e. The highest BCUT2D eigenvalue weighted by molar-refractivity contribution is 14.1. The predicted molar refractivity (Wildman–Crippen MR) is 66.7 cm³/mol. The Kier molecular flexibility index (Phi) is 2.51. The van der Waals surface area contributed by atoms with Crippen molar-refractivity contribution in [2.24, 2.45) is 0 Å². The third-order valence-corrected chi connectivity index (χ3v) is 3.23. The molecule has 74 valence electrons. The Morgan fingerprint density at radius 3 is 2.71 bits per heavy atom. The monoisotopic (exact) mass is 300 g/mol. The number of hydrogen-bond donors (Lipinski definition) is 0. The molecule has 2 nitrogen and oxygen atoms in total. The normalized spacial score (nSPS) is 11.5. The fraction of sp³-hybridized carbons (Fsp3) is 0.364. The second-order valence-corrected chi connectivity index (χ2v) is 4.90. The van der Waals surface area contributed by atoms with E-state index < -0.39 is 0 Å². The van der Waals surface area contributed by atoms with Gasteiger partial charge >= 0.3 is 0 Å². The van der Waals surface area contributed by atoms with Gasteiger partial charge in [-0.3, -0.25) is 0 Å². The zero-order chi connectivity index (χ0) is 10.3. The number of fused-ring (bicyclic) bond motifs is 1. The fourth-order valence-corrected chi connectivity index (χ4v) is 2.46. The Morgan fingerprint density at radius 1 is 1.36 bits per heavy atom. The summed E-state index contributed by atoms with van der Waals surface area (Å²) < 4.78 is 3.18. The summed E-state index contributed by atoms with van der Waals surface area (Å²) in [6.45, 7) is 6.51. The fourth-order valence-electron chi connectivity index (χ4n) is 1.88. The molecule has 3 heteroatoms. The molecule has 0 saturated heterocycles. The number of hydrogen-bond acceptors (Lipinski definition) is 1. The van der Waals surface area contributed by atoms with E-state index in [-0.39, 0.29) is 0 Å². The van der Waals surface area contributed by atoms with E-state index in [1.54, 1.807) is 0 Å². The number of halogens is 1. The Labute approximate surface area is 97.5 Å². The first-order valence-electron chi connectivity index (χ1n) is 4.75. The number of aryl methyl sites for hydroxylation is 1. The molecular formula is C11H13IN2. The topological polar surface area (TPSA) is 17.3 Å². The quantitative estimate of drug-likeness (QED) is 0.583. The molecule has 0 aromatic carbocycles. The first kappa shape index (κ1) is 9.96. The van der Waals surface area contributed by atoms with Crippen molar-refractivity contribution >= 4 is 28.1 Å². The summed E-state index contributed by atoms with van der Waals surface area (Å²) in [6, 6.07) is 6.30. The highest BCUT2D eigenvalue weighted by atomic mass is 127. The number of pyridine rings is 1. The molecular weight excluding hydrogens is 287 g/mol. The Morgan fingerprint density at radius 2 is 2.07 bits per heavy atom. The summed E-state index contributed by atoms with van der Waals surface area (Å²) in [6.07, 6.45) is 0. The summed E-state index contributed by atoms with van der Waals surface area (Å²) >= 11 is 2.31. The van der Waals surface area contributed by atoms with Crippen LogP contribution < -0.4 is 0 Å². The predicted octanol–water partition coefficient (Wildman–Crippen LogP) is 3.37. The number of aromatic nitrogens is 2. The maximum atomic E-state index is 4.54. The standard InChI is InChI=1S/C11H13IN2/c1-7(2)11-8(3)13-14-9(11)5-4-6-10(14)12/h4-7H,1-3H3. The van der Waals surface area contributed by atoms with Crippen molar-refractivity contribution in [3.05, 3.63) is 33.2 Å². The first-order valence-corrected chi connectivity index (χ1v) is 5.83. The molecule has 0 amide bonds. The van der Waals surface area contributed by atoms with Crippen LogP contribution >= 0.6 is 22.6 Å². The molecule has 0 aliphatic carbocycles. The van der Waals surface area contributed by atoms with Crippen LogP contribution in [0.1, 0.15) is 31.0 Å². The van der Waals surface area contributed by atoms with Crippen LogP contribution in [-0.4, -0.2) is 9.61 Å². The summed E-state index contributed by atoms with van der Waals surface area (Å²) in [5.41, 5.74) is 3.75. The molecule has 0 aliphatic rings. The molecule has 0 N–H and O–H groups in total. The van der Waals surface area contributed by atoms with Gasteiger partial charge in [0.1, 0.15) is 3.70 Å². The number of nitrogens with zero attached hydrogens (tertiary/aromatic N) is 2. The van der Waals surface area contributed by atoms with Gasteiger partial charge in [-0.2, -0.15) is 5.10 Å². The lowest BCUT2D eigenvalue weighted by molar-refractivity contribution is 0.861. The van der Waals surface area contributed by atoms with E-state index in [9.17, 15) is 0 Å². The van der Waals surface area contributed by atoms with E-state index in [1.807, 2.05) is 4.52 Å². The molecule has 2 aromatic heterocycles. The molecule has 0 saturated carbocycles. The molecule has 14 heavy (non-hydrogen) atoms. The van der Waals surface area contributed by atoms with Crippen LogP contribution in [0, 0.1) is 10.6 Å². The van der Waals surface area contributed by atoms with Gasteiger partial charge < -0.3 is 0 Å². The molecule has 0 atom stereocenters. The van der Waals surface area contributed by atoms with E-state index in [0.29, 0.717) is 5.92 Å². The van der Waals surface area contributed by atoms with Gasteiger partial charge in [-0.25, -0.2) is 4.52 Å². The molecule has 0 radical (unpaired) electrons. The maximum Gasteiger partial charge on any atom is 0.103 e. The second kappa shape index (κ2) is 3.53. The lowest BCUT2D eigenvalue weighted by Crippen LogP contribution is -1.92. The van der Waals surface area contributed by atoms with Crippen molar-refractivity contribution in [3.8, 4) is 0 Å². The molecule has 0 bridgehead atoms. The van der Waals surface area contributed by atoms with Gasteiger partial charge in [0.2, 0.25) is 0 Å². The van der Waals surface area contributed by atoms with Crippen LogP contribution in [0.25, 0.3) is 5.52 Å². The van der Waals surface area contributed by atoms with Gasteiger partial charge in [-0.15, -0.1) is 0 Å². The average Bonchev–Trinajstić information content (AvgIpc) is 2.42. The summed E-state index contributed by atoms with van der Waals surface area (Å²) in [5, 5.41) is 4.54. The van der Waals surface area contributed by atoms with E-state index in [1.165, 1.54) is 11.1 Å². The summed E-state index contributed by atoms with van der Waals surface area (Å²) in [5.74, 6) is 0.533. The van der Waals surface area contributed by atoms with Crippen molar-refractivity contribution in [2.75, 3.05) is 0 Å². The van der Waals surface area contributed by atoms with Crippen LogP contribution in [-0.2, 0) is 0 Å². The van der Waals surface area contributed by atoms with Gasteiger partial charge in [0.15, 0.2) is 0 Å². The van der Waals surface area contributed by atoms with Gasteiger partial charge in [-0.05, 0) is 47.6 Å². The van der Waals surface area contributed by atoms with E-state index >= 15 is 0 Å². The van der Waals surface area contributed by atoms with Crippen molar-refractivity contribution in [2.45, 2.75) is 26.7 Å². The van der Waals surface area contributed by atoms with Gasteiger partial charge in [0.25, 0.3) is 0 Å². The molecule has 0 spiro atoms. The van der Waals surface area contributed by atoms with Gasteiger partial charge in [0, 0.05) is 5.56 Å². The Hall–Kier alpha value is -0.580. The Balaban J connectivity index is 2.83. The van der Waals surface area contributed by atoms with E-state index in [2.05, 4.69) is 66.7 Å². The SMILES string of the molecule is Cc1nn2c(I)cccc2c1C(C)C. The van der Waals surface area contributed by atoms with E-state index in [0.717, 1.165) is 9.39 Å². The molecule has 2 aromatic rings. The van der Waals surface area contributed by atoms with E-state index in [4.69, 9.17) is 0 Å². The van der Waals surface area contributed by atoms with Crippen LogP contribution in [0.3, 0.4) is 0 Å². The minimum absolute atomic E-state index is 0.533. The molecule has 2 heterocycles. The van der Waals surface area contributed by atoms with Crippen LogP contribution in [0.2, 0.25) is 0 Å².